The molecule has 1 heterocycles. The largest absolute Gasteiger partial charge is 0.492 e. The number of hydrogen-bond donors (Lipinski definition) is 1. The van der Waals surface area contributed by atoms with Crippen LogP contribution in [-0.2, 0) is 4.79 Å². The third kappa shape index (κ3) is 3.32. The molecule has 0 unspecified atom stereocenters. The summed E-state index contributed by atoms with van der Waals surface area (Å²) < 4.78 is 5.64. The normalized spacial score (nSPS) is 19.7. The molecule has 0 bridgehead atoms. The number of amides is 3. The van der Waals surface area contributed by atoms with Crippen molar-refractivity contribution in [3.8, 4) is 5.75 Å². The summed E-state index contributed by atoms with van der Waals surface area (Å²) in [5.41, 5.74) is -0.627. The second kappa shape index (κ2) is 6.58. The number of urea groups is 1. The van der Waals surface area contributed by atoms with Crippen molar-refractivity contribution in [2.45, 2.75) is 31.2 Å². The number of benzene rings is 1. The number of nitrogens with zero attached hydrogens (tertiary/aromatic N) is 2. The number of carbonyl (C=O) groups excluding carboxylic acids is 2. The Kier molecular flexibility index (Phi) is 4.52. The highest BCUT2D eigenvalue weighted by atomic mass is 16.5. The minimum absolute atomic E-state index is 0.0733. The molecule has 3 amide bonds. The molecule has 1 aromatic rings. The van der Waals surface area contributed by atoms with E-state index >= 15 is 0 Å². The fourth-order valence-electron chi connectivity index (χ4n) is 3.27. The molecule has 6 nitrogen and oxygen atoms in total. The van der Waals surface area contributed by atoms with Gasteiger partial charge < -0.3 is 10.1 Å². The van der Waals surface area contributed by atoms with E-state index in [-0.39, 0.29) is 11.9 Å². The molecule has 124 valence electrons. The number of carbonyl (C=O) groups is 2. The van der Waals surface area contributed by atoms with E-state index in [1.807, 2.05) is 42.3 Å². The lowest BCUT2D eigenvalue weighted by Crippen LogP contribution is -2.45. The lowest BCUT2D eigenvalue weighted by atomic mass is 9.98. The zero-order valence-electron chi connectivity index (χ0n) is 13.5. The maximum absolute atomic E-state index is 12.6. The fourth-order valence-corrected chi connectivity index (χ4v) is 3.27. The van der Waals surface area contributed by atoms with Crippen LogP contribution in [0.25, 0.3) is 0 Å². The number of likely N-dealkylation sites (N-methyl/N-ethyl adjacent to an activating group) is 1. The Labute approximate surface area is 136 Å². The van der Waals surface area contributed by atoms with Gasteiger partial charge in [0.05, 0.1) is 6.67 Å². The van der Waals surface area contributed by atoms with Crippen LogP contribution in [0.3, 0.4) is 0 Å². The Morgan fingerprint density at radius 2 is 1.91 bits per heavy atom. The van der Waals surface area contributed by atoms with Gasteiger partial charge in [0, 0.05) is 6.54 Å². The molecule has 1 spiro atoms. The first-order valence-electron chi connectivity index (χ1n) is 8.11. The SMILES string of the molecule is CN(CCOc1ccccc1)CN1C(=O)NC2(CCCC2)C1=O. The van der Waals surface area contributed by atoms with Crippen molar-refractivity contribution in [1.82, 2.24) is 15.1 Å². The van der Waals surface area contributed by atoms with E-state index in [0.717, 1.165) is 31.4 Å². The highest BCUT2D eigenvalue weighted by Crippen LogP contribution is 2.34. The van der Waals surface area contributed by atoms with Crippen LogP contribution in [0.2, 0.25) is 0 Å². The maximum atomic E-state index is 12.6. The Bertz CT molecular complexity index is 570. The van der Waals surface area contributed by atoms with Crippen molar-refractivity contribution in [3.63, 3.8) is 0 Å². The van der Waals surface area contributed by atoms with E-state index in [9.17, 15) is 9.59 Å². The Morgan fingerprint density at radius 1 is 1.22 bits per heavy atom. The lowest BCUT2D eigenvalue weighted by molar-refractivity contribution is -0.132. The van der Waals surface area contributed by atoms with Crippen LogP contribution < -0.4 is 10.1 Å². The predicted octanol–water partition coefficient (Wildman–Crippen LogP) is 1.82. The zero-order valence-corrected chi connectivity index (χ0v) is 13.5. The molecule has 1 aliphatic heterocycles. The molecule has 6 heteroatoms. The van der Waals surface area contributed by atoms with Gasteiger partial charge in [-0.1, -0.05) is 31.0 Å². The molecule has 23 heavy (non-hydrogen) atoms. The number of rotatable bonds is 6. The van der Waals surface area contributed by atoms with Crippen LogP contribution in [0.5, 0.6) is 5.75 Å². The quantitative estimate of drug-likeness (QED) is 0.813. The average Bonchev–Trinajstić information content (AvgIpc) is 3.10. The Balaban J connectivity index is 1.49. The third-order valence-electron chi connectivity index (χ3n) is 4.57. The number of para-hydroxylation sites is 1. The molecule has 1 aromatic carbocycles. The van der Waals surface area contributed by atoms with E-state index in [1.54, 1.807) is 0 Å². The van der Waals surface area contributed by atoms with Crippen LogP contribution in [0, 0.1) is 0 Å². The highest BCUT2D eigenvalue weighted by Gasteiger charge is 2.52. The smallest absolute Gasteiger partial charge is 0.326 e. The first kappa shape index (κ1) is 15.8. The molecule has 0 atom stereocenters. The number of ether oxygens (including phenoxy) is 1. The van der Waals surface area contributed by atoms with Crippen molar-refractivity contribution in [1.29, 1.82) is 0 Å². The fraction of sp³-hybridized carbons (Fsp3) is 0.529. The van der Waals surface area contributed by atoms with Crippen LogP contribution in [0.15, 0.2) is 30.3 Å². The van der Waals surface area contributed by atoms with Crippen LogP contribution in [0.4, 0.5) is 4.79 Å². The highest BCUT2D eigenvalue weighted by molar-refractivity contribution is 6.07. The summed E-state index contributed by atoms with van der Waals surface area (Å²) in [5, 5.41) is 2.90. The molecular formula is C17H23N3O3. The van der Waals surface area contributed by atoms with Crippen molar-refractivity contribution in [2.24, 2.45) is 0 Å². The van der Waals surface area contributed by atoms with Gasteiger partial charge in [0.15, 0.2) is 0 Å². The van der Waals surface area contributed by atoms with E-state index < -0.39 is 5.54 Å². The third-order valence-corrected chi connectivity index (χ3v) is 4.57. The molecule has 1 saturated heterocycles. The van der Waals surface area contributed by atoms with E-state index in [2.05, 4.69) is 5.32 Å². The van der Waals surface area contributed by atoms with Gasteiger partial charge in [0.1, 0.15) is 17.9 Å². The minimum atomic E-state index is -0.627. The molecule has 1 N–H and O–H groups in total. The van der Waals surface area contributed by atoms with Crippen LogP contribution >= 0.6 is 0 Å². The second-order valence-corrected chi connectivity index (χ2v) is 6.34. The van der Waals surface area contributed by atoms with E-state index in [0.29, 0.717) is 19.8 Å². The maximum Gasteiger partial charge on any atom is 0.326 e. The van der Waals surface area contributed by atoms with Crippen LogP contribution in [0.1, 0.15) is 25.7 Å². The van der Waals surface area contributed by atoms with Gasteiger partial charge in [0.2, 0.25) is 0 Å². The molecule has 2 aliphatic rings. The average molecular weight is 317 g/mol. The summed E-state index contributed by atoms with van der Waals surface area (Å²) in [6.45, 7) is 1.44. The molecule has 0 aromatic heterocycles. The first-order valence-corrected chi connectivity index (χ1v) is 8.11. The Hall–Kier alpha value is -2.08. The summed E-state index contributed by atoms with van der Waals surface area (Å²) >= 11 is 0. The monoisotopic (exact) mass is 317 g/mol. The number of hydrogen-bond acceptors (Lipinski definition) is 4. The van der Waals surface area contributed by atoms with Crippen molar-refractivity contribution < 1.29 is 14.3 Å². The standard InChI is InChI=1S/C17H23N3O3/c1-19(11-12-23-14-7-3-2-4-8-14)13-20-15(21)17(18-16(20)22)9-5-6-10-17/h2-4,7-8H,5-6,9-13H2,1H3,(H,18,22). The minimum Gasteiger partial charge on any atom is -0.492 e. The summed E-state index contributed by atoms with van der Waals surface area (Å²) in [7, 11) is 1.88. The topological polar surface area (TPSA) is 61.9 Å². The van der Waals surface area contributed by atoms with Crippen molar-refractivity contribution in [2.75, 3.05) is 26.9 Å². The van der Waals surface area contributed by atoms with Gasteiger partial charge in [-0.25, -0.2) is 9.69 Å². The number of nitrogens with one attached hydrogen (secondary N) is 1. The van der Waals surface area contributed by atoms with Gasteiger partial charge in [-0.2, -0.15) is 0 Å². The predicted molar refractivity (Wildman–Crippen MR) is 86.0 cm³/mol. The van der Waals surface area contributed by atoms with E-state index in [1.165, 1.54) is 4.90 Å². The number of imide groups is 1. The van der Waals surface area contributed by atoms with Gasteiger partial charge in [-0.15, -0.1) is 0 Å². The molecule has 1 saturated carbocycles. The Morgan fingerprint density at radius 3 is 2.61 bits per heavy atom. The van der Waals surface area contributed by atoms with Gasteiger partial charge in [-0.05, 0) is 32.0 Å². The summed E-state index contributed by atoms with van der Waals surface area (Å²) in [4.78, 5) is 27.9. The van der Waals surface area contributed by atoms with Crippen molar-refractivity contribution in [3.05, 3.63) is 30.3 Å². The first-order chi connectivity index (χ1) is 11.1. The van der Waals surface area contributed by atoms with Gasteiger partial charge in [0.25, 0.3) is 5.91 Å². The summed E-state index contributed by atoms with van der Waals surface area (Å²) in [6.07, 6.45) is 3.52. The van der Waals surface area contributed by atoms with Gasteiger partial charge in [-0.3, -0.25) is 9.69 Å². The van der Waals surface area contributed by atoms with Gasteiger partial charge >= 0.3 is 6.03 Å². The summed E-state index contributed by atoms with van der Waals surface area (Å²) in [5.74, 6) is 0.747. The lowest BCUT2D eigenvalue weighted by Gasteiger charge is -2.24. The molecular weight excluding hydrogens is 294 g/mol. The molecule has 2 fully saturated rings. The zero-order chi connectivity index (χ0) is 16.3. The molecule has 1 aliphatic carbocycles. The van der Waals surface area contributed by atoms with E-state index in [4.69, 9.17) is 4.74 Å². The molecule has 0 radical (unpaired) electrons. The molecule has 3 rings (SSSR count). The summed E-state index contributed by atoms with van der Waals surface area (Å²) in [6, 6.07) is 9.33. The second-order valence-electron chi connectivity index (χ2n) is 6.34. The van der Waals surface area contributed by atoms with Crippen LogP contribution in [-0.4, -0.2) is 54.1 Å². The van der Waals surface area contributed by atoms with Crippen molar-refractivity contribution >= 4 is 11.9 Å².